The van der Waals surface area contributed by atoms with Gasteiger partial charge in [-0.3, -0.25) is 14.9 Å². The Labute approximate surface area is 185 Å². The molecule has 0 radical (unpaired) electrons. The lowest BCUT2D eigenvalue weighted by molar-refractivity contribution is -0.384. The molecule has 11 heteroatoms. The molecule has 2 aromatic rings. The zero-order valence-electron chi connectivity index (χ0n) is 17.4. The number of ether oxygens (including phenoxy) is 1. The highest BCUT2D eigenvalue weighted by Gasteiger charge is 2.25. The molecule has 2 aromatic carbocycles. The predicted molar refractivity (Wildman–Crippen MR) is 116 cm³/mol. The van der Waals surface area contributed by atoms with Crippen molar-refractivity contribution in [2.75, 3.05) is 25.5 Å². The average Bonchev–Trinajstić information content (AvgIpc) is 3.08. The van der Waals surface area contributed by atoms with E-state index in [1.165, 1.54) is 34.6 Å². The molecule has 32 heavy (non-hydrogen) atoms. The van der Waals surface area contributed by atoms with E-state index in [1.54, 1.807) is 0 Å². The summed E-state index contributed by atoms with van der Waals surface area (Å²) in [6.07, 6.45) is 3.56. The Balaban J connectivity index is 1.87. The summed E-state index contributed by atoms with van der Waals surface area (Å²) >= 11 is 0. The Morgan fingerprint density at radius 2 is 1.69 bits per heavy atom. The first kappa shape index (κ1) is 23.4. The molecule has 0 spiro atoms. The Morgan fingerprint density at radius 1 is 1.03 bits per heavy atom. The van der Waals surface area contributed by atoms with Crippen molar-refractivity contribution in [2.24, 2.45) is 0 Å². The summed E-state index contributed by atoms with van der Waals surface area (Å²) in [4.78, 5) is 35.0. The molecule has 0 saturated carbocycles. The fourth-order valence-corrected chi connectivity index (χ4v) is 5.02. The number of anilines is 1. The zero-order valence-corrected chi connectivity index (χ0v) is 18.3. The van der Waals surface area contributed by atoms with Crippen LogP contribution >= 0.6 is 0 Å². The molecule has 0 bridgehead atoms. The summed E-state index contributed by atoms with van der Waals surface area (Å²) in [5.74, 6) is -1.56. The van der Waals surface area contributed by atoms with E-state index in [0.29, 0.717) is 13.1 Å². The molecule has 0 aromatic heterocycles. The lowest BCUT2D eigenvalue weighted by atomic mass is 10.1. The number of carbonyl (C=O) groups is 2. The van der Waals surface area contributed by atoms with Gasteiger partial charge in [0.15, 0.2) is 0 Å². The lowest BCUT2D eigenvalue weighted by Crippen LogP contribution is -2.32. The van der Waals surface area contributed by atoms with Gasteiger partial charge in [0.05, 0.1) is 22.5 Å². The Hall–Kier alpha value is -3.31. The first-order valence-corrected chi connectivity index (χ1v) is 11.5. The van der Waals surface area contributed by atoms with Gasteiger partial charge in [0.1, 0.15) is 0 Å². The van der Waals surface area contributed by atoms with Gasteiger partial charge in [-0.05, 0) is 37.1 Å². The third kappa shape index (κ3) is 5.29. The van der Waals surface area contributed by atoms with E-state index in [0.717, 1.165) is 44.9 Å². The third-order valence-corrected chi connectivity index (χ3v) is 7.00. The van der Waals surface area contributed by atoms with Gasteiger partial charge in [0.2, 0.25) is 10.0 Å². The van der Waals surface area contributed by atoms with E-state index in [4.69, 9.17) is 0 Å². The molecular weight excluding hydrogens is 438 g/mol. The SMILES string of the molecule is COC(=O)c1cc(C(=O)Nc2cccc(S(=O)(=O)N3CCCCCC3)c2)cc([N+](=O)[O-])c1. The van der Waals surface area contributed by atoms with Crippen LogP contribution in [-0.2, 0) is 14.8 Å². The number of rotatable bonds is 6. The van der Waals surface area contributed by atoms with Crippen molar-refractivity contribution in [3.63, 3.8) is 0 Å². The molecular formula is C21H23N3O7S. The molecule has 1 amide bonds. The molecule has 1 fully saturated rings. The van der Waals surface area contributed by atoms with Crippen molar-refractivity contribution >= 4 is 33.3 Å². The molecule has 170 valence electrons. The number of nitrogens with one attached hydrogen (secondary N) is 1. The maximum atomic E-state index is 13.0. The normalized spacial score (nSPS) is 14.9. The Morgan fingerprint density at radius 3 is 2.31 bits per heavy atom. The number of nitrogens with zero attached hydrogens (tertiary/aromatic N) is 2. The first-order valence-electron chi connectivity index (χ1n) is 10.0. The third-order valence-electron chi connectivity index (χ3n) is 5.11. The van der Waals surface area contributed by atoms with Gasteiger partial charge >= 0.3 is 5.97 Å². The summed E-state index contributed by atoms with van der Waals surface area (Å²) in [5.41, 5.74) is -0.530. The molecule has 0 unspecified atom stereocenters. The number of amides is 1. The van der Waals surface area contributed by atoms with E-state index in [1.807, 2.05) is 0 Å². The molecule has 0 aliphatic carbocycles. The van der Waals surface area contributed by atoms with Crippen LogP contribution in [0.4, 0.5) is 11.4 Å². The number of hydrogen-bond acceptors (Lipinski definition) is 7. The summed E-state index contributed by atoms with van der Waals surface area (Å²) in [6.45, 7) is 0.895. The van der Waals surface area contributed by atoms with E-state index in [2.05, 4.69) is 10.1 Å². The highest BCUT2D eigenvalue weighted by Crippen LogP contribution is 2.24. The van der Waals surface area contributed by atoms with Crippen LogP contribution in [0.2, 0.25) is 0 Å². The number of carbonyl (C=O) groups excluding carboxylic acids is 2. The Bertz CT molecular complexity index is 1140. The monoisotopic (exact) mass is 461 g/mol. The summed E-state index contributed by atoms with van der Waals surface area (Å²) < 4.78 is 32.0. The number of benzene rings is 2. The van der Waals surface area contributed by atoms with Crippen LogP contribution in [0.25, 0.3) is 0 Å². The van der Waals surface area contributed by atoms with Crippen LogP contribution < -0.4 is 5.32 Å². The fourth-order valence-electron chi connectivity index (χ4n) is 3.45. The maximum Gasteiger partial charge on any atom is 0.338 e. The zero-order chi connectivity index (χ0) is 23.3. The maximum absolute atomic E-state index is 13.0. The highest BCUT2D eigenvalue weighted by molar-refractivity contribution is 7.89. The van der Waals surface area contributed by atoms with Gasteiger partial charge in [0, 0.05) is 36.5 Å². The van der Waals surface area contributed by atoms with Gasteiger partial charge in [-0.1, -0.05) is 18.9 Å². The van der Waals surface area contributed by atoms with Crippen LogP contribution in [0.1, 0.15) is 46.4 Å². The van der Waals surface area contributed by atoms with Crippen molar-refractivity contribution in [2.45, 2.75) is 30.6 Å². The van der Waals surface area contributed by atoms with Crippen molar-refractivity contribution in [1.29, 1.82) is 0 Å². The standard InChI is InChI=1S/C21H23N3O7S/c1-31-21(26)16-11-15(12-18(13-16)24(27)28)20(25)22-17-7-6-8-19(14-17)32(29,30)23-9-4-2-3-5-10-23/h6-8,11-14H,2-5,9-10H2,1H3,(H,22,25). The highest BCUT2D eigenvalue weighted by atomic mass is 32.2. The Kier molecular flexibility index (Phi) is 7.21. The van der Waals surface area contributed by atoms with E-state index in [-0.39, 0.29) is 21.7 Å². The van der Waals surface area contributed by atoms with Gasteiger partial charge in [-0.25, -0.2) is 13.2 Å². The lowest BCUT2D eigenvalue weighted by Gasteiger charge is -2.20. The summed E-state index contributed by atoms with van der Waals surface area (Å²) in [7, 11) is -2.59. The number of esters is 1. The molecule has 1 aliphatic heterocycles. The van der Waals surface area contributed by atoms with Crippen LogP contribution in [0.15, 0.2) is 47.4 Å². The fraction of sp³-hybridized carbons (Fsp3) is 0.333. The number of methoxy groups -OCH3 is 1. The average molecular weight is 461 g/mol. The van der Waals surface area contributed by atoms with E-state index < -0.39 is 32.5 Å². The topological polar surface area (TPSA) is 136 Å². The molecule has 10 nitrogen and oxygen atoms in total. The van der Waals surface area contributed by atoms with Crippen molar-refractivity contribution in [1.82, 2.24) is 4.31 Å². The smallest absolute Gasteiger partial charge is 0.338 e. The van der Waals surface area contributed by atoms with Gasteiger partial charge in [-0.2, -0.15) is 4.31 Å². The van der Waals surface area contributed by atoms with Gasteiger partial charge in [0.25, 0.3) is 11.6 Å². The van der Waals surface area contributed by atoms with Gasteiger partial charge in [-0.15, -0.1) is 0 Å². The number of sulfonamides is 1. The second-order valence-electron chi connectivity index (χ2n) is 7.32. The minimum Gasteiger partial charge on any atom is -0.465 e. The van der Waals surface area contributed by atoms with Crippen LogP contribution in [0.3, 0.4) is 0 Å². The first-order chi connectivity index (χ1) is 15.2. The van der Waals surface area contributed by atoms with E-state index in [9.17, 15) is 28.1 Å². The minimum atomic E-state index is -3.72. The largest absolute Gasteiger partial charge is 0.465 e. The minimum absolute atomic E-state index is 0.0477. The summed E-state index contributed by atoms with van der Waals surface area (Å²) in [6, 6.07) is 9.03. The predicted octanol–water partition coefficient (Wildman–Crippen LogP) is 3.20. The second-order valence-corrected chi connectivity index (χ2v) is 9.26. The van der Waals surface area contributed by atoms with Crippen LogP contribution in [-0.4, -0.2) is 49.7 Å². The summed E-state index contributed by atoms with van der Waals surface area (Å²) in [5, 5.41) is 13.7. The number of nitro groups is 1. The molecule has 1 N–H and O–H groups in total. The molecule has 1 saturated heterocycles. The molecule has 3 rings (SSSR count). The van der Waals surface area contributed by atoms with Crippen molar-refractivity contribution in [3.8, 4) is 0 Å². The van der Waals surface area contributed by atoms with Crippen LogP contribution in [0, 0.1) is 10.1 Å². The van der Waals surface area contributed by atoms with Crippen molar-refractivity contribution < 1.29 is 27.7 Å². The number of non-ortho nitro benzene ring substituents is 1. The van der Waals surface area contributed by atoms with Gasteiger partial charge < -0.3 is 10.1 Å². The van der Waals surface area contributed by atoms with Crippen molar-refractivity contribution in [3.05, 3.63) is 63.7 Å². The van der Waals surface area contributed by atoms with E-state index >= 15 is 0 Å². The molecule has 1 heterocycles. The number of hydrogen-bond donors (Lipinski definition) is 1. The molecule has 0 atom stereocenters. The molecule has 1 aliphatic rings. The van der Waals surface area contributed by atoms with Crippen LogP contribution in [0.5, 0.6) is 0 Å². The quantitative estimate of drug-likeness (QED) is 0.396. The number of nitro benzene ring substituents is 1. The second kappa shape index (κ2) is 9.88.